The van der Waals surface area contributed by atoms with Gasteiger partial charge < -0.3 is 15.0 Å². The maximum Gasteiger partial charge on any atom is 0.129 e. The summed E-state index contributed by atoms with van der Waals surface area (Å²) in [5.41, 5.74) is 2.50. The molecule has 0 unspecified atom stereocenters. The van der Waals surface area contributed by atoms with Gasteiger partial charge in [0.05, 0.1) is 6.61 Å². The molecule has 0 atom stereocenters. The predicted octanol–water partition coefficient (Wildman–Crippen LogP) is 3.00. The number of anilines is 1. The van der Waals surface area contributed by atoms with Gasteiger partial charge in [-0.2, -0.15) is 0 Å². The topological polar surface area (TPSA) is 37.4 Å². The predicted molar refractivity (Wildman–Crippen MR) is 90.0 cm³/mol. The summed E-state index contributed by atoms with van der Waals surface area (Å²) in [6, 6.07) is 4.85. The third-order valence-corrected chi connectivity index (χ3v) is 3.46. The molecule has 0 aliphatic rings. The van der Waals surface area contributed by atoms with Crippen molar-refractivity contribution >= 4 is 5.82 Å². The van der Waals surface area contributed by atoms with Gasteiger partial charge >= 0.3 is 0 Å². The molecule has 0 spiro atoms. The van der Waals surface area contributed by atoms with Crippen molar-refractivity contribution in [2.45, 2.75) is 53.1 Å². The lowest BCUT2D eigenvalue weighted by Crippen LogP contribution is -2.34. The van der Waals surface area contributed by atoms with Gasteiger partial charge in [0, 0.05) is 31.9 Å². The molecule has 21 heavy (non-hydrogen) atoms. The minimum Gasteiger partial charge on any atom is -0.383 e. The molecule has 4 nitrogen and oxygen atoms in total. The first kappa shape index (κ1) is 17.9. The number of nitrogens with zero attached hydrogens (tertiary/aromatic N) is 2. The quantitative estimate of drug-likeness (QED) is 0.719. The molecule has 4 heteroatoms. The Labute approximate surface area is 129 Å². The highest BCUT2D eigenvalue weighted by atomic mass is 16.5. The van der Waals surface area contributed by atoms with Gasteiger partial charge in [0.25, 0.3) is 0 Å². The van der Waals surface area contributed by atoms with Gasteiger partial charge in [0.2, 0.25) is 0 Å². The van der Waals surface area contributed by atoms with Crippen LogP contribution in [0.1, 0.15) is 45.4 Å². The first-order valence-electron chi connectivity index (χ1n) is 8.08. The highest BCUT2D eigenvalue weighted by molar-refractivity contribution is 5.43. The van der Waals surface area contributed by atoms with Crippen LogP contribution in [0.2, 0.25) is 0 Å². The van der Waals surface area contributed by atoms with Gasteiger partial charge in [-0.1, -0.05) is 20.3 Å². The van der Waals surface area contributed by atoms with Crippen molar-refractivity contribution in [2.75, 3.05) is 31.7 Å². The van der Waals surface area contributed by atoms with Crippen LogP contribution in [0.25, 0.3) is 0 Å². The Morgan fingerprint density at radius 2 is 2.05 bits per heavy atom. The molecule has 120 valence electrons. The zero-order chi connectivity index (χ0) is 15.7. The van der Waals surface area contributed by atoms with E-state index >= 15 is 0 Å². The SMILES string of the molecule is CCCc1cc(CNCC)cc(N(CCOC)C(C)C)n1. The molecule has 0 fully saturated rings. The van der Waals surface area contributed by atoms with Gasteiger partial charge in [-0.15, -0.1) is 0 Å². The van der Waals surface area contributed by atoms with Crippen LogP contribution >= 0.6 is 0 Å². The summed E-state index contributed by atoms with van der Waals surface area (Å²) in [5.74, 6) is 1.07. The number of nitrogens with one attached hydrogen (secondary N) is 1. The van der Waals surface area contributed by atoms with Gasteiger partial charge in [-0.3, -0.25) is 0 Å². The lowest BCUT2D eigenvalue weighted by Gasteiger charge is -2.28. The third-order valence-electron chi connectivity index (χ3n) is 3.46. The number of pyridine rings is 1. The molecule has 0 aromatic carbocycles. The summed E-state index contributed by atoms with van der Waals surface area (Å²) in [6.45, 7) is 12.2. The van der Waals surface area contributed by atoms with Crippen molar-refractivity contribution in [3.05, 3.63) is 23.4 Å². The number of aromatic nitrogens is 1. The fourth-order valence-corrected chi connectivity index (χ4v) is 2.36. The lowest BCUT2D eigenvalue weighted by molar-refractivity contribution is 0.203. The summed E-state index contributed by atoms with van der Waals surface area (Å²) < 4.78 is 5.24. The summed E-state index contributed by atoms with van der Waals surface area (Å²) >= 11 is 0. The van der Waals surface area contributed by atoms with Gasteiger partial charge in [-0.25, -0.2) is 4.98 Å². The van der Waals surface area contributed by atoms with Crippen LogP contribution in [-0.2, 0) is 17.7 Å². The Balaban J connectivity index is 3.02. The number of hydrogen-bond acceptors (Lipinski definition) is 4. The molecule has 1 rings (SSSR count). The lowest BCUT2D eigenvalue weighted by atomic mass is 10.1. The Kier molecular flexibility index (Phi) is 8.31. The average molecular weight is 293 g/mol. The van der Waals surface area contributed by atoms with E-state index in [2.05, 4.69) is 50.0 Å². The van der Waals surface area contributed by atoms with E-state index in [9.17, 15) is 0 Å². The molecule has 0 aliphatic carbocycles. The zero-order valence-electron chi connectivity index (χ0n) is 14.3. The molecule has 1 N–H and O–H groups in total. The molecular weight excluding hydrogens is 262 g/mol. The van der Waals surface area contributed by atoms with E-state index in [1.54, 1.807) is 7.11 Å². The normalized spacial score (nSPS) is 11.1. The Bertz CT molecular complexity index is 407. The van der Waals surface area contributed by atoms with Crippen LogP contribution in [0, 0.1) is 0 Å². The van der Waals surface area contributed by atoms with E-state index in [0.29, 0.717) is 6.04 Å². The molecule has 0 saturated heterocycles. The van der Waals surface area contributed by atoms with Crippen LogP contribution in [0.4, 0.5) is 5.82 Å². The highest BCUT2D eigenvalue weighted by Crippen LogP contribution is 2.18. The maximum absolute atomic E-state index is 5.24. The monoisotopic (exact) mass is 293 g/mol. The minimum absolute atomic E-state index is 0.413. The van der Waals surface area contributed by atoms with Crippen LogP contribution in [-0.4, -0.2) is 37.8 Å². The molecule has 1 heterocycles. The number of aryl methyl sites for hydroxylation is 1. The van der Waals surface area contributed by atoms with Crippen molar-refractivity contribution in [1.82, 2.24) is 10.3 Å². The first-order valence-corrected chi connectivity index (χ1v) is 8.08. The number of ether oxygens (including phenoxy) is 1. The molecule has 0 radical (unpaired) electrons. The van der Waals surface area contributed by atoms with E-state index in [0.717, 1.165) is 44.9 Å². The molecule has 0 saturated carbocycles. The summed E-state index contributed by atoms with van der Waals surface area (Å²) in [7, 11) is 1.75. The highest BCUT2D eigenvalue weighted by Gasteiger charge is 2.13. The molecular formula is C17H31N3O. The Hall–Kier alpha value is -1.13. The molecule has 1 aromatic heterocycles. The fraction of sp³-hybridized carbons (Fsp3) is 0.706. The van der Waals surface area contributed by atoms with Gasteiger partial charge in [0.15, 0.2) is 0 Å². The van der Waals surface area contributed by atoms with E-state index in [1.165, 1.54) is 11.3 Å². The van der Waals surface area contributed by atoms with E-state index < -0.39 is 0 Å². The van der Waals surface area contributed by atoms with Crippen LogP contribution < -0.4 is 10.2 Å². The summed E-state index contributed by atoms with van der Waals surface area (Å²) in [5, 5.41) is 3.40. The van der Waals surface area contributed by atoms with Gasteiger partial charge in [0.1, 0.15) is 5.82 Å². The standard InChI is InChI=1S/C17H31N3O/c1-6-8-16-11-15(13-18-7-2)12-17(19-16)20(14(3)4)9-10-21-5/h11-12,14,18H,6-10,13H2,1-5H3. The van der Waals surface area contributed by atoms with Crippen molar-refractivity contribution in [3.63, 3.8) is 0 Å². The largest absolute Gasteiger partial charge is 0.383 e. The smallest absolute Gasteiger partial charge is 0.129 e. The van der Waals surface area contributed by atoms with Gasteiger partial charge in [-0.05, 0) is 44.5 Å². The van der Waals surface area contributed by atoms with Crippen molar-refractivity contribution in [1.29, 1.82) is 0 Å². The summed E-state index contributed by atoms with van der Waals surface area (Å²) in [4.78, 5) is 7.17. The van der Waals surface area contributed by atoms with Crippen molar-refractivity contribution in [2.24, 2.45) is 0 Å². The van der Waals surface area contributed by atoms with Crippen LogP contribution in [0.5, 0.6) is 0 Å². The van der Waals surface area contributed by atoms with E-state index in [-0.39, 0.29) is 0 Å². The first-order chi connectivity index (χ1) is 10.1. The molecule has 0 aliphatic heterocycles. The second-order valence-electron chi connectivity index (χ2n) is 5.64. The average Bonchev–Trinajstić information content (AvgIpc) is 2.45. The van der Waals surface area contributed by atoms with E-state index in [4.69, 9.17) is 9.72 Å². The second-order valence-corrected chi connectivity index (χ2v) is 5.64. The molecule has 0 bridgehead atoms. The minimum atomic E-state index is 0.413. The van der Waals surface area contributed by atoms with Crippen molar-refractivity contribution < 1.29 is 4.74 Å². The number of hydrogen-bond donors (Lipinski definition) is 1. The molecule has 1 aromatic rings. The van der Waals surface area contributed by atoms with Crippen LogP contribution in [0.3, 0.4) is 0 Å². The van der Waals surface area contributed by atoms with Crippen LogP contribution in [0.15, 0.2) is 12.1 Å². The maximum atomic E-state index is 5.24. The van der Waals surface area contributed by atoms with E-state index in [1.807, 2.05) is 0 Å². The summed E-state index contributed by atoms with van der Waals surface area (Å²) in [6.07, 6.45) is 2.15. The van der Waals surface area contributed by atoms with Crippen molar-refractivity contribution in [3.8, 4) is 0 Å². The molecule has 0 amide bonds. The fourth-order valence-electron chi connectivity index (χ4n) is 2.36. The number of rotatable bonds is 10. The Morgan fingerprint density at radius 3 is 2.62 bits per heavy atom. The Morgan fingerprint density at radius 1 is 1.29 bits per heavy atom. The second kappa shape index (κ2) is 9.74. The zero-order valence-corrected chi connectivity index (χ0v) is 14.3. The third kappa shape index (κ3) is 6.02. The number of methoxy groups -OCH3 is 1.